The molecule has 1 heteroatoms. The zero-order chi connectivity index (χ0) is 13.0. The Hall–Kier alpha value is -1.11. The predicted molar refractivity (Wildman–Crippen MR) is 73.5 cm³/mol. The van der Waals surface area contributed by atoms with Gasteiger partial charge in [0.15, 0.2) is 0 Å². The van der Waals surface area contributed by atoms with Crippen LogP contribution < -0.4 is 0 Å². The van der Waals surface area contributed by atoms with Gasteiger partial charge in [-0.25, -0.2) is 4.39 Å². The summed E-state index contributed by atoms with van der Waals surface area (Å²) in [5, 5.41) is 0. The van der Waals surface area contributed by atoms with E-state index in [4.69, 9.17) is 0 Å². The lowest BCUT2D eigenvalue weighted by Gasteiger charge is -2.22. The molecule has 1 aliphatic rings. The quantitative estimate of drug-likeness (QED) is 0.605. The molecule has 0 aliphatic heterocycles. The third kappa shape index (κ3) is 3.42. The molecule has 0 bridgehead atoms. The Bertz CT molecular complexity index is 405. The number of hydrogen-bond donors (Lipinski definition) is 0. The maximum atomic E-state index is 13.4. The van der Waals surface area contributed by atoms with Crippen LogP contribution >= 0.6 is 0 Å². The van der Waals surface area contributed by atoms with Gasteiger partial charge in [0.2, 0.25) is 0 Å². The maximum Gasteiger partial charge on any atom is 0.120 e. The van der Waals surface area contributed by atoms with Crippen molar-refractivity contribution in [2.24, 2.45) is 5.92 Å². The standard InChI is InChI=1S/C16H23F/c1-6-11(3)8-12(4)16-13(5)9-15(17)10-14(16)7-2/h8-10,13H,6-7H2,1-5H3/b11-8-,16-12+. The fourth-order valence-corrected chi connectivity index (χ4v) is 2.36. The van der Waals surface area contributed by atoms with Gasteiger partial charge in [-0.2, -0.15) is 0 Å². The summed E-state index contributed by atoms with van der Waals surface area (Å²) >= 11 is 0. The lowest BCUT2D eigenvalue weighted by atomic mass is 9.84. The molecule has 0 N–H and O–H groups in total. The Morgan fingerprint density at radius 1 is 1.35 bits per heavy atom. The van der Waals surface area contributed by atoms with Crippen LogP contribution in [0.1, 0.15) is 47.5 Å². The molecule has 0 saturated heterocycles. The molecule has 0 saturated carbocycles. The summed E-state index contributed by atoms with van der Waals surface area (Å²) in [5.41, 5.74) is 5.07. The molecule has 1 rings (SSSR count). The zero-order valence-corrected chi connectivity index (χ0v) is 11.6. The van der Waals surface area contributed by atoms with Crippen LogP contribution in [0.15, 0.2) is 46.3 Å². The lowest BCUT2D eigenvalue weighted by molar-refractivity contribution is 0.635. The van der Waals surface area contributed by atoms with Gasteiger partial charge in [0.05, 0.1) is 0 Å². The molecule has 0 nitrogen and oxygen atoms in total. The van der Waals surface area contributed by atoms with Gasteiger partial charge in [-0.1, -0.05) is 32.4 Å². The van der Waals surface area contributed by atoms with Crippen LogP contribution in [0.4, 0.5) is 4.39 Å². The molecule has 1 aliphatic carbocycles. The van der Waals surface area contributed by atoms with Crippen molar-refractivity contribution in [3.8, 4) is 0 Å². The van der Waals surface area contributed by atoms with E-state index in [9.17, 15) is 4.39 Å². The number of allylic oxidation sites excluding steroid dienone is 8. The lowest BCUT2D eigenvalue weighted by Crippen LogP contribution is -2.06. The number of rotatable bonds is 3. The fraction of sp³-hybridized carbons (Fsp3) is 0.500. The molecular formula is C16H23F. The number of hydrogen-bond acceptors (Lipinski definition) is 0. The van der Waals surface area contributed by atoms with E-state index in [2.05, 4.69) is 40.7 Å². The second-order valence-corrected chi connectivity index (χ2v) is 4.80. The molecule has 0 aromatic carbocycles. The largest absolute Gasteiger partial charge is 0.207 e. The second kappa shape index (κ2) is 6.00. The van der Waals surface area contributed by atoms with Gasteiger partial charge in [-0.05, 0) is 55.6 Å². The van der Waals surface area contributed by atoms with Crippen LogP contribution in [-0.4, -0.2) is 0 Å². The average Bonchev–Trinajstić information content (AvgIpc) is 2.27. The van der Waals surface area contributed by atoms with Gasteiger partial charge in [0.25, 0.3) is 0 Å². The Balaban J connectivity index is 3.20. The van der Waals surface area contributed by atoms with Crippen molar-refractivity contribution in [2.75, 3.05) is 0 Å². The van der Waals surface area contributed by atoms with E-state index in [1.165, 1.54) is 16.7 Å². The monoisotopic (exact) mass is 234 g/mol. The molecule has 0 aromatic heterocycles. The highest BCUT2D eigenvalue weighted by Crippen LogP contribution is 2.33. The van der Waals surface area contributed by atoms with E-state index in [1.807, 2.05) is 0 Å². The number of halogens is 1. The molecule has 0 heterocycles. The first-order chi connectivity index (χ1) is 7.99. The minimum Gasteiger partial charge on any atom is -0.207 e. The third-order valence-electron chi connectivity index (χ3n) is 3.35. The van der Waals surface area contributed by atoms with E-state index in [0.29, 0.717) is 0 Å². The van der Waals surface area contributed by atoms with Crippen LogP contribution in [0.25, 0.3) is 0 Å². The van der Waals surface area contributed by atoms with Crippen molar-refractivity contribution >= 4 is 0 Å². The van der Waals surface area contributed by atoms with E-state index < -0.39 is 0 Å². The van der Waals surface area contributed by atoms with Gasteiger partial charge >= 0.3 is 0 Å². The van der Waals surface area contributed by atoms with Crippen molar-refractivity contribution in [1.82, 2.24) is 0 Å². The SMILES string of the molecule is CCC1=CC(F)=CC(C)/C1=C(C)\C=C(\C)CC. The average molecular weight is 234 g/mol. The summed E-state index contributed by atoms with van der Waals surface area (Å²) in [6.07, 6.45) is 7.55. The first-order valence-corrected chi connectivity index (χ1v) is 6.45. The van der Waals surface area contributed by atoms with Crippen molar-refractivity contribution in [3.63, 3.8) is 0 Å². The minimum absolute atomic E-state index is 0.0953. The minimum atomic E-state index is -0.0953. The van der Waals surface area contributed by atoms with Crippen molar-refractivity contribution in [2.45, 2.75) is 47.5 Å². The third-order valence-corrected chi connectivity index (χ3v) is 3.35. The summed E-state index contributed by atoms with van der Waals surface area (Å²) in [5.74, 6) is 0.0814. The van der Waals surface area contributed by atoms with Crippen molar-refractivity contribution in [3.05, 3.63) is 46.3 Å². The highest BCUT2D eigenvalue weighted by molar-refractivity contribution is 5.48. The van der Waals surface area contributed by atoms with Gasteiger partial charge in [0, 0.05) is 5.92 Å². The van der Waals surface area contributed by atoms with Crippen molar-refractivity contribution < 1.29 is 4.39 Å². The fourth-order valence-electron chi connectivity index (χ4n) is 2.36. The van der Waals surface area contributed by atoms with Crippen LogP contribution in [0.2, 0.25) is 0 Å². The molecular weight excluding hydrogens is 211 g/mol. The van der Waals surface area contributed by atoms with Crippen LogP contribution in [-0.2, 0) is 0 Å². The van der Waals surface area contributed by atoms with E-state index in [1.54, 1.807) is 12.2 Å². The molecule has 0 radical (unpaired) electrons. The predicted octanol–water partition coefficient (Wildman–Crippen LogP) is 5.50. The van der Waals surface area contributed by atoms with Gasteiger partial charge in [0.1, 0.15) is 5.83 Å². The maximum absolute atomic E-state index is 13.4. The molecule has 1 unspecified atom stereocenters. The molecule has 0 amide bonds. The highest BCUT2D eigenvalue weighted by Gasteiger charge is 2.18. The molecule has 0 aromatic rings. The Morgan fingerprint density at radius 3 is 2.53 bits per heavy atom. The molecule has 17 heavy (non-hydrogen) atoms. The Morgan fingerprint density at radius 2 is 2.00 bits per heavy atom. The first-order valence-electron chi connectivity index (χ1n) is 6.45. The summed E-state index contributed by atoms with van der Waals surface area (Å²) in [6.45, 7) is 10.6. The first kappa shape index (κ1) is 14.0. The van der Waals surface area contributed by atoms with E-state index in [-0.39, 0.29) is 11.7 Å². The van der Waals surface area contributed by atoms with Crippen molar-refractivity contribution in [1.29, 1.82) is 0 Å². The smallest absolute Gasteiger partial charge is 0.120 e. The highest BCUT2D eigenvalue weighted by atomic mass is 19.1. The van der Waals surface area contributed by atoms with Crippen LogP contribution in [0.5, 0.6) is 0 Å². The van der Waals surface area contributed by atoms with E-state index >= 15 is 0 Å². The second-order valence-electron chi connectivity index (χ2n) is 4.80. The van der Waals surface area contributed by atoms with Crippen LogP contribution in [0, 0.1) is 5.92 Å². The summed E-state index contributed by atoms with van der Waals surface area (Å²) in [4.78, 5) is 0. The molecule has 1 atom stereocenters. The van der Waals surface area contributed by atoms with Gasteiger partial charge in [-0.3, -0.25) is 0 Å². The van der Waals surface area contributed by atoms with E-state index in [0.717, 1.165) is 18.4 Å². The Labute approximate surface area is 105 Å². The Kier molecular flexibility index (Phi) is 4.92. The molecule has 94 valence electrons. The zero-order valence-electron chi connectivity index (χ0n) is 11.6. The summed E-state index contributed by atoms with van der Waals surface area (Å²) < 4.78 is 13.4. The van der Waals surface area contributed by atoms with Gasteiger partial charge < -0.3 is 0 Å². The normalized spacial score (nSPS) is 24.4. The molecule has 0 spiro atoms. The summed E-state index contributed by atoms with van der Waals surface area (Å²) in [7, 11) is 0. The summed E-state index contributed by atoms with van der Waals surface area (Å²) in [6, 6.07) is 0. The van der Waals surface area contributed by atoms with Crippen LogP contribution in [0.3, 0.4) is 0 Å². The topological polar surface area (TPSA) is 0 Å². The molecule has 0 fully saturated rings. The van der Waals surface area contributed by atoms with Gasteiger partial charge in [-0.15, -0.1) is 0 Å².